The number of dihydropyridines is 1. The number of carbonyl (C=O) groups excluding carboxylic acids is 3. The Morgan fingerprint density at radius 2 is 2.03 bits per heavy atom. The minimum Gasteiger partial charge on any atom is -0.468 e. The van der Waals surface area contributed by atoms with Gasteiger partial charge in [-0.05, 0) is 31.2 Å². The van der Waals surface area contributed by atoms with Crippen molar-refractivity contribution in [2.75, 3.05) is 18.2 Å². The Balaban J connectivity index is 2.02. The van der Waals surface area contributed by atoms with E-state index >= 15 is 0 Å². The minimum absolute atomic E-state index is 0.0420. The maximum Gasteiger partial charge on any atom is 0.339 e. The number of nitriles is 1. The number of nitrogens with zero attached hydrogens (tertiary/aromatic N) is 1. The highest BCUT2D eigenvalue weighted by Crippen LogP contribution is 2.41. The zero-order chi connectivity index (χ0) is 23.3. The van der Waals surface area contributed by atoms with Gasteiger partial charge in [-0.25, -0.2) is 4.79 Å². The molecule has 1 unspecified atom stereocenters. The Labute approximate surface area is 188 Å². The summed E-state index contributed by atoms with van der Waals surface area (Å²) in [5, 5.41) is 16.1. The van der Waals surface area contributed by atoms with Gasteiger partial charge >= 0.3 is 5.97 Å². The number of furan rings is 1. The van der Waals surface area contributed by atoms with E-state index in [4.69, 9.17) is 14.9 Å². The second-order valence-electron chi connectivity index (χ2n) is 6.71. The molecule has 0 saturated heterocycles. The summed E-state index contributed by atoms with van der Waals surface area (Å²) in [5.41, 5.74) is 6.61. The number of rotatable bonds is 7. The van der Waals surface area contributed by atoms with Crippen LogP contribution in [-0.2, 0) is 14.3 Å². The van der Waals surface area contributed by atoms with Crippen molar-refractivity contribution < 1.29 is 23.5 Å². The molecule has 0 saturated carbocycles. The van der Waals surface area contributed by atoms with Gasteiger partial charge in [0.05, 0.1) is 58.5 Å². The van der Waals surface area contributed by atoms with E-state index in [2.05, 4.69) is 16.7 Å². The number of carbonyl (C=O) groups is 3. The van der Waals surface area contributed by atoms with E-state index in [0.29, 0.717) is 16.5 Å². The van der Waals surface area contributed by atoms with Crippen molar-refractivity contribution in [2.45, 2.75) is 12.8 Å². The summed E-state index contributed by atoms with van der Waals surface area (Å²) in [6.45, 7) is 1.68. The summed E-state index contributed by atoms with van der Waals surface area (Å²) in [7, 11) is 1.25. The van der Waals surface area contributed by atoms with Crippen LogP contribution in [-0.4, -0.2) is 30.6 Å². The van der Waals surface area contributed by atoms with Crippen molar-refractivity contribution in [1.82, 2.24) is 5.32 Å². The van der Waals surface area contributed by atoms with Crippen molar-refractivity contribution in [3.05, 3.63) is 75.9 Å². The van der Waals surface area contributed by atoms with Crippen LogP contribution in [0.5, 0.6) is 0 Å². The van der Waals surface area contributed by atoms with Gasteiger partial charge in [-0.15, -0.1) is 0 Å². The number of para-hydroxylation sites is 1. The van der Waals surface area contributed by atoms with E-state index in [1.165, 1.54) is 19.4 Å². The zero-order valence-electron chi connectivity index (χ0n) is 17.3. The molecular weight excluding hydrogens is 432 g/mol. The summed E-state index contributed by atoms with van der Waals surface area (Å²) in [4.78, 5) is 36.7. The third kappa shape index (κ3) is 4.68. The van der Waals surface area contributed by atoms with Gasteiger partial charge in [-0.2, -0.15) is 5.26 Å². The van der Waals surface area contributed by atoms with E-state index in [9.17, 15) is 19.6 Å². The average molecular weight is 452 g/mol. The number of allylic oxidation sites excluding steroid dienone is 2. The highest BCUT2D eigenvalue weighted by atomic mass is 32.2. The molecule has 10 heteroatoms. The number of nitrogens with two attached hydrogens (primary N) is 1. The molecule has 9 nitrogen and oxygen atoms in total. The summed E-state index contributed by atoms with van der Waals surface area (Å²) in [5.74, 6) is -2.15. The smallest absolute Gasteiger partial charge is 0.339 e. The van der Waals surface area contributed by atoms with Crippen LogP contribution in [0.25, 0.3) is 0 Å². The van der Waals surface area contributed by atoms with Gasteiger partial charge in [-0.1, -0.05) is 23.9 Å². The lowest BCUT2D eigenvalue weighted by molar-refractivity contribution is -0.115. The summed E-state index contributed by atoms with van der Waals surface area (Å²) in [6.07, 6.45) is 1.44. The molecule has 1 aliphatic rings. The molecule has 2 heterocycles. The zero-order valence-corrected chi connectivity index (χ0v) is 18.1. The van der Waals surface area contributed by atoms with Crippen LogP contribution in [0.15, 0.2) is 69.0 Å². The average Bonchev–Trinajstić information content (AvgIpc) is 3.31. The molecule has 4 N–H and O–H groups in total. The fraction of sp³-hybridized carbons (Fsp3) is 0.182. The molecule has 0 fully saturated rings. The molecule has 0 radical (unpaired) electrons. The third-order valence-corrected chi connectivity index (χ3v) is 5.70. The first-order valence-corrected chi connectivity index (χ1v) is 10.4. The number of hydrogen-bond acceptors (Lipinski definition) is 8. The van der Waals surface area contributed by atoms with Crippen LogP contribution in [0.1, 0.15) is 29.0 Å². The van der Waals surface area contributed by atoms with Crippen LogP contribution in [0.2, 0.25) is 0 Å². The number of amides is 2. The first-order valence-electron chi connectivity index (χ1n) is 9.42. The Morgan fingerprint density at radius 3 is 2.66 bits per heavy atom. The fourth-order valence-corrected chi connectivity index (χ4v) is 4.11. The Bertz CT molecular complexity index is 1160. The molecule has 164 valence electrons. The van der Waals surface area contributed by atoms with Gasteiger partial charge in [0, 0.05) is 5.70 Å². The molecule has 32 heavy (non-hydrogen) atoms. The van der Waals surface area contributed by atoms with Gasteiger partial charge in [0.15, 0.2) is 0 Å². The van der Waals surface area contributed by atoms with Crippen molar-refractivity contribution in [3.63, 3.8) is 0 Å². The molecule has 2 aromatic rings. The SMILES string of the molecule is COC(=O)c1ccccc1NC(=O)C1=C(C)NC(SCC(N)=O)=C(C#N)C1c1ccco1. The second kappa shape index (κ2) is 9.89. The number of methoxy groups -OCH3 is 1. The van der Waals surface area contributed by atoms with Crippen molar-refractivity contribution >= 4 is 35.2 Å². The molecule has 2 amide bonds. The lowest BCUT2D eigenvalue weighted by atomic mass is 9.85. The van der Waals surface area contributed by atoms with Gasteiger partial charge in [0.1, 0.15) is 5.76 Å². The number of benzene rings is 1. The van der Waals surface area contributed by atoms with Crippen molar-refractivity contribution in [2.24, 2.45) is 5.73 Å². The van der Waals surface area contributed by atoms with E-state index in [0.717, 1.165) is 11.8 Å². The quantitative estimate of drug-likeness (QED) is 0.543. The van der Waals surface area contributed by atoms with E-state index < -0.39 is 23.7 Å². The molecule has 1 aromatic heterocycles. The number of nitrogens with one attached hydrogen (secondary N) is 2. The Hall–Kier alpha value is -3.97. The van der Waals surface area contributed by atoms with Gasteiger partial charge in [0.25, 0.3) is 5.91 Å². The lowest BCUT2D eigenvalue weighted by Gasteiger charge is -2.28. The summed E-state index contributed by atoms with van der Waals surface area (Å²) < 4.78 is 10.3. The largest absolute Gasteiger partial charge is 0.468 e. The number of thioether (sulfide) groups is 1. The highest BCUT2D eigenvalue weighted by Gasteiger charge is 2.36. The topological polar surface area (TPSA) is 147 Å². The lowest BCUT2D eigenvalue weighted by Crippen LogP contribution is -2.31. The molecule has 0 aliphatic carbocycles. The monoisotopic (exact) mass is 452 g/mol. The number of hydrogen-bond donors (Lipinski definition) is 3. The van der Waals surface area contributed by atoms with E-state index in [-0.39, 0.29) is 28.1 Å². The van der Waals surface area contributed by atoms with Crippen LogP contribution in [0.3, 0.4) is 0 Å². The first-order chi connectivity index (χ1) is 15.4. The molecule has 3 rings (SSSR count). The van der Waals surface area contributed by atoms with E-state index in [1.54, 1.807) is 37.3 Å². The molecule has 1 aliphatic heterocycles. The van der Waals surface area contributed by atoms with Gasteiger partial charge < -0.3 is 25.5 Å². The molecular formula is C22H20N4O5S. The standard InChI is InChI=1S/C22H20N4O5S/c1-12-18(20(28)26-15-7-4-3-6-13(15)22(29)30-2)19(16-8-5-9-31-16)14(10-23)21(25-12)32-11-17(24)27/h3-9,19,25H,11H2,1-2H3,(H2,24,27)(H,26,28). The number of ether oxygens (including phenoxy) is 1. The molecule has 1 atom stereocenters. The number of primary amides is 1. The van der Waals surface area contributed by atoms with Crippen LogP contribution in [0, 0.1) is 11.3 Å². The fourth-order valence-electron chi connectivity index (χ4n) is 3.28. The van der Waals surface area contributed by atoms with Crippen LogP contribution < -0.4 is 16.4 Å². The second-order valence-corrected chi connectivity index (χ2v) is 7.70. The number of esters is 1. The predicted octanol–water partition coefficient (Wildman–Crippen LogP) is 2.62. The summed E-state index contributed by atoms with van der Waals surface area (Å²) >= 11 is 1.07. The van der Waals surface area contributed by atoms with Gasteiger partial charge in [-0.3, -0.25) is 9.59 Å². The van der Waals surface area contributed by atoms with Crippen molar-refractivity contribution in [3.8, 4) is 6.07 Å². The van der Waals surface area contributed by atoms with Crippen LogP contribution >= 0.6 is 11.8 Å². The Morgan fingerprint density at radius 1 is 1.28 bits per heavy atom. The third-order valence-electron chi connectivity index (χ3n) is 4.66. The molecule has 0 bridgehead atoms. The maximum atomic E-state index is 13.4. The van der Waals surface area contributed by atoms with Crippen LogP contribution in [0.4, 0.5) is 5.69 Å². The predicted molar refractivity (Wildman–Crippen MR) is 118 cm³/mol. The normalized spacial score (nSPS) is 15.6. The highest BCUT2D eigenvalue weighted by molar-refractivity contribution is 8.03. The minimum atomic E-state index is -0.822. The first kappa shape index (κ1) is 22.7. The number of anilines is 1. The van der Waals surface area contributed by atoms with Gasteiger partial charge in [0.2, 0.25) is 5.91 Å². The van der Waals surface area contributed by atoms with Crippen molar-refractivity contribution in [1.29, 1.82) is 5.26 Å². The maximum absolute atomic E-state index is 13.4. The molecule has 0 spiro atoms. The molecule has 1 aromatic carbocycles. The Kier molecular flexibility index (Phi) is 7.02. The van der Waals surface area contributed by atoms with E-state index in [1.807, 2.05) is 0 Å². The summed E-state index contributed by atoms with van der Waals surface area (Å²) in [6, 6.07) is 11.9.